The Morgan fingerprint density at radius 2 is 1.75 bits per heavy atom. The molecule has 4 heteroatoms. The Bertz CT molecular complexity index is 631. The van der Waals surface area contributed by atoms with Gasteiger partial charge in [-0.2, -0.15) is 0 Å². The molecule has 4 fully saturated rings. The summed E-state index contributed by atoms with van der Waals surface area (Å²) in [7, 11) is 0. The first-order valence-corrected chi connectivity index (χ1v) is 11.2. The quantitative estimate of drug-likeness (QED) is 0.546. The van der Waals surface area contributed by atoms with E-state index in [1.165, 1.54) is 0 Å². The van der Waals surface area contributed by atoms with Crippen molar-refractivity contribution in [3.05, 3.63) is 0 Å². The molecule has 2 aliphatic carbocycles. The molecule has 2 heterocycles. The number of carbonyl (C=O) groups excluding carboxylic acids is 2. The Morgan fingerprint density at radius 1 is 1.07 bits per heavy atom. The van der Waals surface area contributed by atoms with Gasteiger partial charge in [-0.05, 0) is 55.8 Å². The number of hydrogen-bond acceptors (Lipinski definition) is 4. The van der Waals surface area contributed by atoms with Gasteiger partial charge < -0.3 is 9.47 Å². The lowest BCUT2D eigenvalue weighted by Crippen LogP contribution is -2.52. The van der Waals surface area contributed by atoms with Gasteiger partial charge >= 0.3 is 11.9 Å². The number of carbonyl (C=O) groups is 2. The minimum absolute atomic E-state index is 0.0756. The van der Waals surface area contributed by atoms with Crippen LogP contribution in [0.3, 0.4) is 0 Å². The topological polar surface area (TPSA) is 52.6 Å². The van der Waals surface area contributed by atoms with Crippen molar-refractivity contribution in [2.24, 2.45) is 28.1 Å². The predicted octanol–water partition coefficient (Wildman–Crippen LogP) is 5.67. The van der Waals surface area contributed by atoms with E-state index in [2.05, 4.69) is 48.5 Å². The summed E-state index contributed by atoms with van der Waals surface area (Å²) in [6.07, 6.45) is 6.88. The summed E-state index contributed by atoms with van der Waals surface area (Å²) in [6, 6.07) is 0. The molecule has 0 aromatic carbocycles. The van der Waals surface area contributed by atoms with Gasteiger partial charge in [0.1, 0.15) is 11.7 Å². The van der Waals surface area contributed by atoms with Crippen LogP contribution in [0.4, 0.5) is 0 Å². The smallest absolute Gasteiger partial charge is 0.312 e. The van der Waals surface area contributed by atoms with Crippen LogP contribution in [0.5, 0.6) is 0 Å². The van der Waals surface area contributed by atoms with Crippen molar-refractivity contribution in [1.29, 1.82) is 0 Å². The van der Waals surface area contributed by atoms with Crippen LogP contribution in [0.15, 0.2) is 0 Å². The van der Waals surface area contributed by atoms with Crippen LogP contribution in [-0.2, 0) is 19.1 Å². The fourth-order valence-corrected chi connectivity index (χ4v) is 5.36. The molecule has 4 nitrogen and oxygen atoms in total. The van der Waals surface area contributed by atoms with E-state index in [-0.39, 0.29) is 34.8 Å². The predicted molar refractivity (Wildman–Crippen MR) is 110 cm³/mol. The molecule has 0 radical (unpaired) electrons. The third-order valence-corrected chi connectivity index (χ3v) is 8.38. The van der Waals surface area contributed by atoms with Gasteiger partial charge in [0.15, 0.2) is 0 Å². The molecule has 4 rings (SSSR count). The van der Waals surface area contributed by atoms with E-state index in [4.69, 9.17) is 9.47 Å². The molecule has 4 bridgehead atoms. The standard InChI is InChI=1S/C24H40O4/c1-8-22(5,6)9-10-23(7,21(2,3)4)20(26)28-24-13-16-11-17(14-24)19(25)27-18(12-16)15-24/h16-18H,8-15H2,1-7H3. The molecule has 4 aliphatic rings. The summed E-state index contributed by atoms with van der Waals surface area (Å²) in [5, 5.41) is 0. The minimum atomic E-state index is -0.553. The van der Waals surface area contributed by atoms with Crippen molar-refractivity contribution >= 4 is 11.9 Å². The maximum absolute atomic E-state index is 13.6. The van der Waals surface area contributed by atoms with Crippen LogP contribution >= 0.6 is 0 Å². The zero-order valence-corrected chi connectivity index (χ0v) is 19.0. The highest BCUT2D eigenvalue weighted by Crippen LogP contribution is 2.53. The Kier molecular flexibility index (Phi) is 5.43. The van der Waals surface area contributed by atoms with E-state index in [0.29, 0.717) is 18.8 Å². The first-order chi connectivity index (χ1) is 12.8. The van der Waals surface area contributed by atoms with E-state index in [0.717, 1.165) is 38.5 Å². The highest BCUT2D eigenvalue weighted by molar-refractivity contribution is 5.78. The van der Waals surface area contributed by atoms with E-state index < -0.39 is 11.0 Å². The van der Waals surface area contributed by atoms with Gasteiger partial charge in [-0.3, -0.25) is 9.59 Å². The Hall–Kier alpha value is -1.06. The van der Waals surface area contributed by atoms with Gasteiger partial charge in [-0.1, -0.05) is 48.0 Å². The lowest BCUT2D eigenvalue weighted by Gasteiger charge is -2.49. The Balaban J connectivity index is 1.81. The van der Waals surface area contributed by atoms with Crippen molar-refractivity contribution in [3.63, 3.8) is 0 Å². The van der Waals surface area contributed by atoms with Gasteiger partial charge in [-0.25, -0.2) is 0 Å². The van der Waals surface area contributed by atoms with Crippen LogP contribution in [-0.4, -0.2) is 23.6 Å². The summed E-state index contributed by atoms with van der Waals surface area (Å²) < 4.78 is 12.1. The highest BCUT2D eigenvalue weighted by Gasteiger charge is 2.57. The minimum Gasteiger partial charge on any atom is -0.462 e. The molecule has 0 aromatic rings. The van der Waals surface area contributed by atoms with E-state index in [1.54, 1.807) is 0 Å². The number of esters is 2. The fraction of sp³-hybridized carbons (Fsp3) is 0.917. The molecule has 5 atom stereocenters. The van der Waals surface area contributed by atoms with Gasteiger partial charge in [0.25, 0.3) is 0 Å². The first-order valence-electron chi connectivity index (χ1n) is 11.2. The van der Waals surface area contributed by atoms with Gasteiger partial charge in [0, 0.05) is 12.8 Å². The molecule has 0 spiro atoms. The Morgan fingerprint density at radius 3 is 2.36 bits per heavy atom. The molecular weight excluding hydrogens is 352 g/mol. The van der Waals surface area contributed by atoms with Crippen molar-refractivity contribution < 1.29 is 19.1 Å². The zero-order valence-electron chi connectivity index (χ0n) is 19.0. The van der Waals surface area contributed by atoms with Crippen molar-refractivity contribution in [2.45, 2.75) is 112 Å². The van der Waals surface area contributed by atoms with Crippen LogP contribution < -0.4 is 0 Å². The number of fused-ring (bicyclic) bond motifs is 1. The second-order valence-electron chi connectivity index (χ2n) is 11.9. The number of ether oxygens (including phenoxy) is 2. The molecule has 0 amide bonds. The van der Waals surface area contributed by atoms with Crippen molar-refractivity contribution in [1.82, 2.24) is 0 Å². The molecule has 5 unspecified atom stereocenters. The monoisotopic (exact) mass is 392 g/mol. The molecule has 2 saturated heterocycles. The van der Waals surface area contributed by atoms with Gasteiger partial charge in [0.2, 0.25) is 0 Å². The maximum atomic E-state index is 13.6. The highest BCUT2D eigenvalue weighted by atomic mass is 16.6. The van der Waals surface area contributed by atoms with Crippen molar-refractivity contribution in [3.8, 4) is 0 Å². The van der Waals surface area contributed by atoms with Crippen LogP contribution in [0, 0.1) is 28.1 Å². The SMILES string of the molecule is CCC(C)(C)CCC(C)(C(=O)OC12CC3CC(C1)OC(=O)C(C3)C2)C(C)(C)C. The summed E-state index contributed by atoms with van der Waals surface area (Å²) in [6.45, 7) is 15.3. The van der Waals surface area contributed by atoms with E-state index in [1.807, 2.05) is 0 Å². The molecule has 160 valence electrons. The van der Waals surface area contributed by atoms with Crippen molar-refractivity contribution in [2.75, 3.05) is 0 Å². The molecule has 28 heavy (non-hydrogen) atoms. The molecule has 2 aliphatic heterocycles. The first kappa shape index (κ1) is 21.6. The molecular formula is C24H40O4. The second kappa shape index (κ2) is 7.02. The van der Waals surface area contributed by atoms with E-state index in [9.17, 15) is 9.59 Å². The second-order valence-corrected chi connectivity index (χ2v) is 11.9. The molecule has 0 aromatic heterocycles. The van der Waals surface area contributed by atoms with Gasteiger partial charge in [-0.15, -0.1) is 0 Å². The number of hydrogen-bond donors (Lipinski definition) is 0. The average molecular weight is 393 g/mol. The van der Waals surface area contributed by atoms with Crippen LogP contribution in [0.1, 0.15) is 99.8 Å². The average Bonchev–Trinajstić information content (AvgIpc) is 2.72. The lowest BCUT2D eigenvalue weighted by atomic mass is 9.62. The summed E-state index contributed by atoms with van der Waals surface area (Å²) >= 11 is 0. The summed E-state index contributed by atoms with van der Waals surface area (Å²) in [5.74, 6) is 0.185. The normalized spacial score (nSPS) is 34.5. The summed E-state index contributed by atoms with van der Waals surface area (Å²) in [5.41, 5.74) is -1.04. The van der Waals surface area contributed by atoms with Gasteiger partial charge in [0.05, 0.1) is 11.3 Å². The van der Waals surface area contributed by atoms with Crippen LogP contribution in [0.25, 0.3) is 0 Å². The van der Waals surface area contributed by atoms with Crippen LogP contribution in [0.2, 0.25) is 0 Å². The fourth-order valence-electron chi connectivity index (χ4n) is 5.36. The third-order valence-electron chi connectivity index (χ3n) is 8.38. The lowest BCUT2D eigenvalue weighted by molar-refractivity contribution is -0.192. The third kappa shape index (κ3) is 3.98. The van der Waals surface area contributed by atoms with E-state index >= 15 is 0 Å². The maximum Gasteiger partial charge on any atom is 0.312 e. The largest absolute Gasteiger partial charge is 0.462 e. The summed E-state index contributed by atoms with van der Waals surface area (Å²) in [4.78, 5) is 26.0. The number of rotatable bonds is 6. The zero-order chi connectivity index (χ0) is 21.0. The molecule has 2 saturated carbocycles. The Labute approximate surface area is 171 Å². The molecule has 0 N–H and O–H groups in total.